The van der Waals surface area contributed by atoms with Gasteiger partial charge in [0.15, 0.2) is 0 Å². The molecule has 0 saturated carbocycles. The van der Waals surface area contributed by atoms with Gasteiger partial charge in [-0.25, -0.2) is 4.18 Å². The lowest BCUT2D eigenvalue weighted by molar-refractivity contribution is -0.890. The molecule has 6 nitrogen and oxygen atoms in total. The van der Waals surface area contributed by atoms with Crippen LogP contribution in [0.4, 0.5) is 0 Å². The standard InChI is InChI=1S/C38H80N.C20H44N.C2H6O4S.ClH/c1-5-7-9-11-13-15-17-19-21-23-25-27-29-31-33-35-37-39(3,4)38-36-34-32-30-28-26-24-22-20-18-16-14-12-10-8-6-2;1-5-7-8-9-10-11-12-13-14-15-16-17-18-19-20-21(3,4)6-2;1-2-6-7(3,4)5;/h5-38H2,1-4H3;5-20H2,1-4H3;2H2,1H3,(H,3,4,5);1H/q2*+1;;. The third-order valence-electron chi connectivity index (χ3n) is 14.5. The lowest BCUT2D eigenvalue weighted by Gasteiger charge is -2.30. The monoisotopic (exact) mass is 1010 g/mol. The lowest BCUT2D eigenvalue weighted by Crippen LogP contribution is -2.41. The summed E-state index contributed by atoms with van der Waals surface area (Å²) < 4.78 is 33.1. The summed E-state index contributed by atoms with van der Waals surface area (Å²) in [4.78, 5) is 0. The Morgan fingerprint density at radius 2 is 0.456 bits per heavy atom. The van der Waals surface area contributed by atoms with Gasteiger partial charge in [0.2, 0.25) is 0 Å². The van der Waals surface area contributed by atoms with Crippen molar-refractivity contribution in [3.8, 4) is 0 Å². The quantitative estimate of drug-likeness (QED) is 0.0375. The molecular formula is C60H131ClN2O4S+2. The predicted octanol–water partition coefficient (Wildman–Crippen LogP) is 20.4. The molecule has 8 heteroatoms. The summed E-state index contributed by atoms with van der Waals surface area (Å²) in [6.07, 6.45) is 67.3. The van der Waals surface area contributed by atoms with E-state index in [1.54, 1.807) is 0 Å². The van der Waals surface area contributed by atoms with E-state index in [1.165, 1.54) is 337 Å². The molecule has 0 atom stereocenters. The minimum atomic E-state index is -4.17. The van der Waals surface area contributed by atoms with Gasteiger partial charge in [-0.15, -0.1) is 12.4 Å². The summed E-state index contributed by atoms with van der Waals surface area (Å²) in [6, 6.07) is 0. The van der Waals surface area contributed by atoms with Crippen molar-refractivity contribution in [2.75, 3.05) is 61.0 Å². The van der Waals surface area contributed by atoms with Crippen LogP contribution in [0.15, 0.2) is 0 Å². The maximum atomic E-state index is 9.56. The van der Waals surface area contributed by atoms with Crippen LogP contribution in [0.3, 0.4) is 0 Å². The van der Waals surface area contributed by atoms with E-state index in [4.69, 9.17) is 4.55 Å². The van der Waals surface area contributed by atoms with Crippen molar-refractivity contribution in [2.45, 2.75) is 330 Å². The molecule has 0 unspecified atom stereocenters. The fraction of sp³-hybridized carbons (Fsp3) is 1.00. The van der Waals surface area contributed by atoms with Crippen molar-refractivity contribution >= 4 is 22.8 Å². The largest absolute Gasteiger partial charge is 0.397 e. The van der Waals surface area contributed by atoms with Crippen LogP contribution in [-0.2, 0) is 14.6 Å². The van der Waals surface area contributed by atoms with Gasteiger partial charge in [0.25, 0.3) is 0 Å². The van der Waals surface area contributed by atoms with Crippen LogP contribution in [0.5, 0.6) is 0 Å². The summed E-state index contributed by atoms with van der Waals surface area (Å²) in [5.74, 6) is 0. The van der Waals surface area contributed by atoms with Gasteiger partial charge < -0.3 is 8.97 Å². The minimum absolute atomic E-state index is 0. The van der Waals surface area contributed by atoms with E-state index in [2.05, 4.69) is 60.1 Å². The molecule has 0 saturated heterocycles. The normalized spacial score (nSPS) is 11.8. The Kier molecular flexibility index (Phi) is 65.4. The molecule has 0 aliphatic carbocycles. The fourth-order valence-corrected chi connectivity index (χ4v) is 9.63. The fourth-order valence-electron chi connectivity index (χ4n) is 9.33. The first-order valence-electron chi connectivity index (χ1n) is 30.6. The number of nitrogens with zero attached hydrogens (tertiary/aromatic N) is 2. The third kappa shape index (κ3) is 72.6. The molecule has 0 aliphatic heterocycles. The first kappa shape index (κ1) is 74.6. The van der Waals surface area contributed by atoms with Crippen molar-refractivity contribution in [1.29, 1.82) is 0 Å². The number of hydrogen-bond donors (Lipinski definition) is 1. The molecule has 0 amide bonds. The Labute approximate surface area is 437 Å². The summed E-state index contributed by atoms with van der Waals surface area (Å²) in [5.41, 5.74) is 0. The Balaban J connectivity index is -0.000000587. The Morgan fingerprint density at radius 3 is 0.588 bits per heavy atom. The van der Waals surface area contributed by atoms with Gasteiger partial charge in [-0.3, -0.25) is 4.55 Å². The summed E-state index contributed by atoms with van der Waals surface area (Å²) in [6.45, 7) is 16.0. The van der Waals surface area contributed by atoms with E-state index in [9.17, 15) is 8.42 Å². The van der Waals surface area contributed by atoms with Crippen molar-refractivity contribution in [3.05, 3.63) is 0 Å². The smallest absolute Gasteiger partial charge is 0.329 e. The van der Waals surface area contributed by atoms with Crippen LogP contribution >= 0.6 is 12.4 Å². The molecule has 1 N–H and O–H groups in total. The van der Waals surface area contributed by atoms with Gasteiger partial charge in [0, 0.05) is 0 Å². The number of rotatable bonds is 52. The zero-order chi connectivity index (χ0) is 50.3. The first-order valence-corrected chi connectivity index (χ1v) is 31.9. The number of quaternary nitrogens is 2. The van der Waals surface area contributed by atoms with Crippen LogP contribution < -0.4 is 0 Å². The molecule has 0 aromatic carbocycles. The summed E-state index contributed by atoms with van der Waals surface area (Å²) >= 11 is 0. The highest BCUT2D eigenvalue weighted by Gasteiger charge is 2.14. The van der Waals surface area contributed by atoms with Crippen molar-refractivity contribution in [3.63, 3.8) is 0 Å². The van der Waals surface area contributed by atoms with E-state index in [0.29, 0.717) is 0 Å². The number of halogens is 1. The van der Waals surface area contributed by atoms with E-state index >= 15 is 0 Å². The zero-order valence-corrected chi connectivity index (χ0v) is 50.1. The van der Waals surface area contributed by atoms with Crippen LogP contribution in [0.25, 0.3) is 0 Å². The number of unbranched alkanes of at least 4 members (excludes halogenated alkanes) is 43. The summed E-state index contributed by atoms with van der Waals surface area (Å²) in [5, 5.41) is 0. The van der Waals surface area contributed by atoms with Crippen LogP contribution in [-0.4, -0.2) is 82.9 Å². The van der Waals surface area contributed by atoms with Gasteiger partial charge in [-0.05, 0) is 52.4 Å². The van der Waals surface area contributed by atoms with Crippen LogP contribution in [0.2, 0.25) is 0 Å². The second-order valence-corrected chi connectivity index (χ2v) is 23.5. The molecular weight excluding hydrogens is 880 g/mol. The number of hydrogen-bond acceptors (Lipinski definition) is 3. The molecule has 416 valence electrons. The van der Waals surface area contributed by atoms with Crippen LogP contribution in [0, 0.1) is 0 Å². The molecule has 68 heavy (non-hydrogen) atoms. The molecule has 0 heterocycles. The molecule has 0 rings (SSSR count). The average Bonchev–Trinajstić information content (AvgIpc) is 3.29. The summed E-state index contributed by atoms with van der Waals surface area (Å²) in [7, 11) is 5.46. The molecule has 0 aliphatic rings. The molecule has 0 radical (unpaired) electrons. The molecule has 0 bridgehead atoms. The van der Waals surface area contributed by atoms with Gasteiger partial charge in [0.05, 0.1) is 61.0 Å². The van der Waals surface area contributed by atoms with E-state index in [0.717, 1.165) is 0 Å². The van der Waals surface area contributed by atoms with Gasteiger partial charge >= 0.3 is 10.4 Å². The second kappa shape index (κ2) is 59.6. The minimum Gasteiger partial charge on any atom is -0.329 e. The predicted molar refractivity (Wildman–Crippen MR) is 309 cm³/mol. The molecule has 0 spiro atoms. The van der Waals surface area contributed by atoms with E-state index < -0.39 is 10.4 Å². The molecule has 0 fully saturated rings. The Bertz CT molecular complexity index is 974. The average molecular weight is 1010 g/mol. The topological polar surface area (TPSA) is 63.6 Å². The van der Waals surface area contributed by atoms with Gasteiger partial charge in [-0.2, -0.15) is 8.42 Å². The SMILES string of the molecule is CCCCCCCCCCCCCCCCCC[N+](C)(C)CCCCCCCCCCCCCCCCCC.CCCCCCCCCCCCCCCC[N+](C)(C)CC.CCOS(=O)(=O)O.Cl. The zero-order valence-electron chi connectivity index (χ0n) is 48.4. The second-order valence-electron chi connectivity index (χ2n) is 22.4. The van der Waals surface area contributed by atoms with Crippen molar-refractivity contribution in [2.24, 2.45) is 0 Å². The van der Waals surface area contributed by atoms with Gasteiger partial charge in [-0.1, -0.05) is 278 Å². The van der Waals surface area contributed by atoms with E-state index in [1.807, 2.05) is 0 Å². The first-order chi connectivity index (χ1) is 32.3. The maximum absolute atomic E-state index is 9.56. The lowest BCUT2D eigenvalue weighted by atomic mass is 10.0. The van der Waals surface area contributed by atoms with Crippen molar-refractivity contribution < 1.29 is 26.1 Å². The highest BCUT2D eigenvalue weighted by molar-refractivity contribution is 7.80. The highest BCUT2D eigenvalue weighted by Crippen LogP contribution is 2.18. The highest BCUT2D eigenvalue weighted by atomic mass is 35.5. The maximum Gasteiger partial charge on any atom is 0.397 e. The molecule has 0 aromatic heterocycles. The van der Waals surface area contributed by atoms with Gasteiger partial charge in [0.1, 0.15) is 0 Å². The Morgan fingerprint density at radius 1 is 0.294 bits per heavy atom. The van der Waals surface area contributed by atoms with E-state index in [-0.39, 0.29) is 19.0 Å². The third-order valence-corrected chi connectivity index (χ3v) is 15.0. The Hall–Kier alpha value is 0.0800. The van der Waals surface area contributed by atoms with Crippen molar-refractivity contribution in [1.82, 2.24) is 0 Å². The van der Waals surface area contributed by atoms with Crippen LogP contribution in [0.1, 0.15) is 330 Å². The molecule has 0 aromatic rings.